The number of nitrogens with zero attached hydrogens (tertiary/aromatic N) is 2. The van der Waals surface area contributed by atoms with Crippen LogP contribution in [0.4, 0.5) is 5.82 Å². The summed E-state index contributed by atoms with van der Waals surface area (Å²) in [5, 5.41) is 14.2. The van der Waals surface area contributed by atoms with E-state index in [-0.39, 0.29) is 0 Å². The van der Waals surface area contributed by atoms with E-state index in [1.165, 1.54) is 89.9 Å². The highest BCUT2D eigenvalue weighted by molar-refractivity contribution is 6.34. The lowest BCUT2D eigenvalue weighted by atomic mass is 10.0. The van der Waals surface area contributed by atoms with Crippen LogP contribution in [0.5, 0.6) is 0 Å². The Bertz CT molecular complexity index is 659. The van der Waals surface area contributed by atoms with Gasteiger partial charge in [-0.2, -0.15) is 0 Å². The highest BCUT2D eigenvalue weighted by atomic mass is 35.5. The molecule has 0 bridgehead atoms. The Labute approximate surface area is 176 Å². The van der Waals surface area contributed by atoms with Gasteiger partial charge in [0.25, 0.3) is 0 Å². The predicted molar refractivity (Wildman–Crippen MR) is 123 cm³/mol. The van der Waals surface area contributed by atoms with E-state index in [2.05, 4.69) is 22.4 Å². The maximum absolute atomic E-state index is 6.13. The van der Waals surface area contributed by atoms with Gasteiger partial charge in [0.2, 0.25) is 0 Å². The molecule has 0 atom stereocenters. The molecule has 0 fully saturated rings. The fourth-order valence-corrected chi connectivity index (χ4v) is 3.93. The van der Waals surface area contributed by atoms with Gasteiger partial charge in [0.15, 0.2) is 11.0 Å². The van der Waals surface area contributed by atoms with Gasteiger partial charge in [-0.25, -0.2) is 0 Å². The summed E-state index contributed by atoms with van der Waals surface area (Å²) in [7, 11) is 0. The van der Waals surface area contributed by atoms with Crippen molar-refractivity contribution in [3.8, 4) is 0 Å². The largest absolute Gasteiger partial charge is 0.368 e. The zero-order chi connectivity index (χ0) is 19.9. The molecule has 1 aromatic carbocycles. The Hall–Kier alpha value is -1.35. The molecule has 0 saturated heterocycles. The monoisotopic (exact) mass is 403 g/mol. The lowest BCUT2D eigenvalue weighted by Crippen LogP contribution is -2.05. The van der Waals surface area contributed by atoms with Gasteiger partial charge < -0.3 is 5.32 Å². The van der Waals surface area contributed by atoms with Gasteiger partial charge in [-0.05, 0) is 6.42 Å². The fraction of sp³-hybridized carbons (Fsp3) is 0.667. The molecule has 0 amide bonds. The Kier molecular flexibility index (Phi) is 12.0. The number of nitrogens with one attached hydrogen (secondary N) is 1. The first-order chi connectivity index (χ1) is 13.8. The van der Waals surface area contributed by atoms with Crippen molar-refractivity contribution in [2.45, 2.75) is 96.8 Å². The van der Waals surface area contributed by atoms with Crippen LogP contribution in [0.2, 0.25) is 5.15 Å². The maximum atomic E-state index is 6.13. The van der Waals surface area contributed by atoms with E-state index >= 15 is 0 Å². The van der Waals surface area contributed by atoms with Crippen LogP contribution in [0, 0.1) is 0 Å². The van der Waals surface area contributed by atoms with Gasteiger partial charge in [-0.1, -0.05) is 126 Å². The zero-order valence-electron chi connectivity index (χ0n) is 17.7. The van der Waals surface area contributed by atoms with E-state index in [0.717, 1.165) is 23.1 Å². The number of anilines is 1. The quantitative estimate of drug-likeness (QED) is 0.287. The molecule has 0 aliphatic heterocycles. The number of hydrogen-bond donors (Lipinski definition) is 1. The molecule has 2 aromatic rings. The van der Waals surface area contributed by atoms with Gasteiger partial charge in [0.05, 0.1) is 0 Å². The highest BCUT2D eigenvalue weighted by Gasteiger charge is 2.06. The third-order valence-corrected chi connectivity index (χ3v) is 5.74. The molecule has 156 valence electrons. The summed E-state index contributed by atoms with van der Waals surface area (Å²) in [6.45, 7) is 3.23. The Balaban J connectivity index is 1.44. The molecule has 2 rings (SSSR count). The van der Waals surface area contributed by atoms with Crippen LogP contribution in [0.1, 0.15) is 96.8 Å². The molecule has 1 heterocycles. The average Bonchev–Trinajstić information content (AvgIpc) is 2.72. The van der Waals surface area contributed by atoms with Crippen LogP contribution in [-0.2, 0) is 0 Å². The van der Waals surface area contributed by atoms with Crippen molar-refractivity contribution in [1.82, 2.24) is 10.2 Å². The Morgan fingerprint density at radius 1 is 0.679 bits per heavy atom. The summed E-state index contributed by atoms with van der Waals surface area (Å²) in [6.07, 6.45) is 19.4. The van der Waals surface area contributed by atoms with Crippen LogP contribution in [0.3, 0.4) is 0 Å². The summed E-state index contributed by atoms with van der Waals surface area (Å²) in [4.78, 5) is 0. The van der Waals surface area contributed by atoms with Crippen molar-refractivity contribution in [2.75, 3.05) is 11.9 Å². The van der Waals surface area contributed by atoms with E-state index < -0.39 is 0 Å². The topological polar surface area (TPSA) is 37.8 Å². The van der Waals surface area contributed by atoms with Crippen molar-refractivity contribution in [3.05, 3.63) is 29.4 Å². The minimum Gasteiger partial charge on any atom is -0.368 e. The lowest BCUT2D eigenvalue weighted by molar-refractivity contribution is 0.537. The van der Waals surface area contributed by atoms with E-state index in [4.69, 9.17) is 11.6 Å². The number of halogens is 1. The first-order valence-corrected chi connectivity index (χ1v) is 11.9. The van der Waals surface area contributed by atoms with Crippen molar-refractivity contribution in [1.29, 1.82) is 0 Å². The third kappa shape index (κ3) is 8.77. The van der Waals surface area contributed by atoms with E-state index in [1.807, 2.05) is 24.3 Å². The normalized spacial score (nSPS) is 11.2. The Morgan fingerprint density at radius 2 is 1.18 bits per heavy atom. The Morgan fingerprint density at radius 3 is 1.75 bits per heavy atom. The number of rotatable bonds is 16. The number of aromatic nitrogens is 2. The van der Waals surface area contributed by atoms with Crippen molar-refractivity contribution >= 4 is 28.2 Å². The van der Waals surface area contributed by atoms with Gasteiger partial charge in [-0.3, -0.25) is 0 Å². The summed E-state index contributed by atoms with van der Waals surface area (Å²) in [6, 6.07) is 8.03. The molecule has 0 aliphatic carbocycles. The molecule has 0 aliphatic rings. The fourth-order valence-electron chi connectivity index (χ4n) is 3.73. The SMILES string of the molecule is CCCCCCCCCCCCCCCCNc1nnc(Cl)c2ccccc12. The average molecular weight is 404 g/mol. The van der Waals surface area contributed by atoms with Gasteiger partial charge in [0.1, 0.15) is 0 Å². The van der Waals surface area contributed by atoms with Crippen LogP contribution in [0.25, 0.3) is 10.8 Å². The van der Waals surface area contributed by atoms with Crippen molar-refractivity contribution in [3.63, 3.8) is 0 Å². The molecule has 0 unspecified atom stereocenters. The summed E-state index contributed by atoms with van der Waals surface area (Å²) >= 11 is 6.13. The number of benzene rings is 1. The van der Waals surface area contributed by atoms with Gasteiger partial charge >= 0.3 is 0 Å². The second kappa shape index (κ2) is 14.6. The second-order valence-corrected chi connectivity index (χ2v) is 8.27. The second-order valence-electron chi connectivity index (χ2n) is 7.91. The summed E-state index contributed by atoms with van der Waals surface area (Å²) in [5.41, 5.74) is 0. The minimum absolute atomic E-state index is 0.470. The van der Waals surface area contributed by atoms with Crippen molar-refractivity contribution in [2.24, 2.45) is 0 Å². The molecule has 0 saturated carbocycles. The standard InChI is InChI=1S/C24H38ClN3/c1-2-3-4-5-6-7-8-9-10-11-12-13-14-17-20-26-24-22-19-16-15-18-21(22)23(25)27-28-24/h15-16,18-19H,2-14,17,20H2,1H3,(H,26,28). The molecule has 0 radical (unpaired) electrons. The van der Waals surface area contributed by atoms with Gasteiger partial charge in [0, 0.05) is 17.3 Å². The van der Waals surface area contributed by atoms with E-state index in [0.29, 0.717) is 5.15 Å². The smallest absolute Gasteiger partial charge is 0.159 e. The molecular formula is C24H38ClN3. The molecule has 0 spiro atoms. The van der Waals surface area contributed by atoms with Crippen LogP contribution in [0.15, 0.2) is 24.3 Å². The third-order valence-electron chi connectivity index (χ3n) is 5.47. The number of fused-ring (bicyclic) bond motifs is 1. The first kappa shape index (κ1) is 22.9. The maximum Gasteiger partial charge on any atom is 0.159 e. The highest BCUT2D eigenvalue weighted by Crippen LogP contribution is 2.25. The van der Waals surface area contributed by atoms with E-state index in [1.54, 1.807) is 0 Å². The molecular weight excluding hydrogens is 366 g/mol. The van der Waals surface area contributed by atoms with Crippen LogP contribution in [-0.4, -0.2) is 16.7 Å². The zero-order valence-corrected chi connectivity index (χ0v) is 18.4. The summed E-state index contributed by atoms with van der Waals surface area (Å²) in [5.74, 6) is 0.842. The minimum atomic E-state index is 0.470. The molecule has 1 aromatic heterocycles. The van der Waals surface area contributed by atoms with Crippen molar-refractivity contribution < 1.29 is 0 Å². The molecule has 1 N–H and O–H groups in total. The first-order valence-electron chi connectivity index (χ1n) is 11.5. The van der Waals surface area contributed by atoms with Crippen LogP contribution < -0.4 is 5.32 Å². The number of unbranched alkanes of at least 4 members (excludes halogenated alkanes) is 13. The van der Waals surface area contributed by atoms with E-state index in [9.17, 15) is 0 Å². The van der Waals surface area contributed by atoms with Crippen LogP contribution >= 0.6 is 11.6 Å². The molecule has 28 heavy (non-hydrogen) atoms. The predicted octanol–water partition coefficient (Wildman–Crippen LogP) is 8.18. The van der Waals surface area contributed by atoms with Gasteiger partial charge in [-0.15, -0.1) is 10.2 Å². The molecule has 3 nitrogen and oxygen atoms in total. The lowest BCUT2D eigenvalue weighted by Gasteiger charge is -2.08. The number of hydrogen-bond acceptors (Lipinski definition) is 3. The molecule has 4 heteroatoms. The summed E-state index contributed by atoms with van der Waals surface area (Å²) < 4.78 is 0.